The SMILES string of the molecule is CC(C)(C)NCC(O)COc1ccc(C(=O)O)cc1-c1ccc(=O)[nH]n1. The molecular weight excluding hydrogens is 338 g/mol. The number of aromatic nitrogens is 2. The molecule has 26 heavy (non-hydrogen) atoms. The molecule has 0 spiro atoms. The Labute approximate surface area is 150 Å². The van der Waals surface area contributed by atoms with Gasteiger partial charge in [-0.3, -0.25) is 4.79 Å². The Morgan fingerprint density at radius 1 is 1.31 bits per heavy atom. The molecule has 8 nitrogen and oxygen atoms in total. The van der Waals surface area contributed by atoms with Gasteiger partial charge in [-0.25, -0.2) is 9.89 Å². The van der Waals surface area contributed by atoms with Crippen molar-refractivity contribution in [1.29, 1.82) is 0 Å². The predicted octanol–water partition coefficient (Wildman–Crippen LogP) is 1.26. The fourth-order valence-corrected chi connectivity index (χ4v) is 2.15. The first kappa shape index (κ1) is 19.6. The Morgan fingerprint density at radius 2 is 2.04 bits per heavy atom. The molecule has 0 saturated carbocycles. The van der Waals surface area contributed by atoms with Crippen molar-refractivity contribution in [3.8, 4) is 17.0 Å². The van der Waals surface area contributed by atoms with Crippen LogP contribution in [0.5, 0.6) is 5.75 Å². The Hall–Kier alpha value is -2.71. The third-order valence-corrected chi connectivity index (χ3v) is 3.48. The van der Waals surface area contributed by atoms with Gasteiger partial charge in [0.2, 0.25) is 0 Å². The average molecular weight is 361 g/mol. The van der Waals surface area contributed by atoms with Gasteiger partial charge < -0.3 is 20.3 Å². The van der Waals surface area contributed by atoms with E-state index in [9.17, 15) is 19.8 Å². The number of carboxylic acid groups (broad SMARTS) is 1. The number of carboxylic acids is 1. The van der Waals surface area contributed by atoms with Gasteiger partial charge in [0, 0.05) is 23.7 Å². The van der Waals surface area contributed by atoms with Crippen LogP contribution >= 0.6 is 0 Å². The minimum atomic E-state index is -1.09. The number of hydrogen-bond donors (Lipinski definition) is 4. The zero-order valence-corrected chi connectivity index (χ0v) is 14.9. The number of benzene rings is 1. The third kappa shape index (κ3) is 5.68. The summed E-state index contributed by atoms with van der Waals surface area (Å²) in [4.78, 5) is 22.4. The smallest absolute Gasteiger partial charge is 0.335 e. The van der Waals surface area contributed by atoms with Gasteiger partial charge in [-0.15, -0.1) is 0 Å². The number of rotatable bonds is 7. The summed E-state index contributed by atoms with van der Waals surface area (Å²) in [5.41, 5.74) is 0.349. The van der Waals surface area contributed by atoms with E-state index in [-0.39, 0.29) is 23.3 Å². The number of aromatic amines is 1. The maximum atomic E-state index is 11.2. The first-order valence-corrected chi connectivity index (χ1v) is 8.15. The number of carbonyl (C=O) groups is 1. The van der Waals surface area contributed by atoms with Gasteiger partial charge in [-0.1, -0.05) is 0 Å². The third-order valence-electron chi connectivity index (χ3n) is 3.48. The Morgan fingerprint density at radius 3 is 2.62 bits per heavy atom. The van der Waals surface area contributed by atoms with Crippen molar-refractivity contribution in [1.82, 2.24) is 15.5 Å². The van der Waals surface area contributed by atoms with Crippen molar-refractivity contribution in [3.05, 3.63) is 46.2 Å². The van der Waals surface area contributed by atoms with E-state index in [1.54, 1.807) is 0 Å². The molecule has 2 aromatic rings. The standard InChI is InChI=1S/C18H23N3O5/c1-18(2,3)19-9-12(22)10-26-15-6-4-11(17(24)25)8-13(15)14-5-7-16(23)21-20-14/h4-8,12,19,22H,9-10H2,1-3H3,(H,21,23)(H,24,25). The highest BCUT2D eigenvalue weighted by Gasteiger charge is 2.16. The lowest BCUT2D eigenvalue weighted by molar-refractivity contribution is 0.0696. The summed E-state index contributed by atoms with van der Waals surface area (Å²) in [5.74, 6) is -0.721. The van der Waals surface area contributed by atoms with Gasteiger partial charge in [0.1, 0.15) is 18.5 Å². The molecule has 1 unspecified atom stereocenters. The van der Waals surface area contributed by atoms with Gasteiger partial charge in [0.05, 0.1) is 11.3 Å². The van der Waals surface area contributed by atoms with Gasteiger partial charge >= 0.3 is 5.97 Å². The van der Waals surface area contributed by atoms with Gasteiger partial charge in [-0.05, 0) is 45.0 Å². The molecule has 0 aliphatic heterocycles. The van der Waals surface area contributed by atoms with Crippen LogP contribution in [0.2, 0.25) is 0 Å². The molecule has 0 aliphatic carbocycles. The first-order chi connectivity index (χ1) is 12.2. The number of H-pyrrole nitrogens is 1. The summed E-state index contributed by atoms with van der Waals surface area (Å²) in [5, 5.41) is 28.7. The highest BCUT2D eigenvalue weighted by atomic mass is 16.5. The zero-order chi connectivity index (χ0) is 19.3. The molecule has 1 atom stereocenters. The summed E-state index contributed by atoms with van der Waals surface area (Å²) in [6.07, 6.45) is -0.746. The number of hydrogen-bond acceptors (Lipinski definition) is 6. The lowest BCUT2D eigenvalue weighted by atomic mass is 10.1. The molecule has 1 aromatic heterocycles. The highest BCUT2D eigenvalue weighted by Crippen LogP contribution is 2.29. The van der Waals surface area contributed by atoms with E-state index in [2.05, 4.69) is 15.5 Å². The fraction of sp³-hybridized carbons (Fsp3) is 0.389. The number of ether oxygens (including phenoxy) is 1. The van der Waals surface area contributed by atoms with E-state index in [0.29, 0.717) is 23.6 Å². The van der Waals surface area contributed by atoms with Crippen LogP contribution in [0.4, 0.5) is 0 Å². The molecule has 0 saturated heterocycles. The number of β-amino-alcohol motifs (C(OH)–C–C–N with tert-alkyl or cyclic N) is 1. The largest absolute Gasteiger partial charge is 0.490 e. The molecule has 0 radical (unpaired) electrons. The molecule has 1 aromatic carbocycles. The number of nitrogens with zero attached hydrogens (tertiary/aromatic N) is 1. The van der Waals surface area contributed by atoms with Crippen LogP contribution in [-0.2, 0) is 0 Å². The number of aliphatic hydroxyl groups is 1. The quantitative estimate of drug-likeness (QED) is 0.585. The van der Waals surface area contributed by atoms with Crippen molar-refractivity contribution >= 4 is 5.97 Å². The van der Waals surface area contributed by atoms with E-state index < -0.39 is 12.1 Å². The second-order valence-electron chi connectivity index (χ2n) is 6.92. The van der Waals surface area contributed by atoms with Crippen LogP contribution in [0.25, 0.3) is 11.3 Å². The summed E-state index contributed by atoms with van der Waals surface area (Å²) in [6.45, 7) is 6.34. The Balaban J connectivity index is 2.20. The minimum Gasteiger partial charge on any atom is -0.490 e. The predicted molar refractivity (Wildman–Crippen MR) is 96.5 cm³/mol. The van der Waals surface area contributed by atoms with Crippen LogP contribution in [0.1, 0.15) is 31.1 Å². The molecule has 140 valence electrons. The van der Waals surface area contributed by atoms with Crippen molar-refractivity contribution in [2.45, 2.75) is 32.4 Å². The molecule has 1 heterocycles. The minimum absolute atomic E-state index is 0.0197. The molecule has 0 fully saturated rings. The maximum Gasteiger partial charge on any atom is 0.335 e. The van der Waals surface area contributed by atoms with Gasteiger partial charge in [-0.2, -0.15) is 5.10 Å². The first-order valence-electron chi connectivity index (χ1n) is 8.15. The van der Waals surface area contributed by atoms with Crippen molar-refractivity contribution in [2.24, 2.45) is 0 Å². The van der Waals surface area contributed by atoms with Crippen molar-refractivity contribution in [2.75, 3.05) is 13.2 Å². The number of aliphatic hydroxyl groups excluding tert-OH is 1. The normalized spacial score (nSPS) is 12.6. The lowest BCUT2D eigenvalue weighted by Gasteiger charge is -2.23. The molecule has 2 rings (SSSR count). The van der Waals surface area contributed by atoms with Crippen LogP contribution in [0.15, 0.2) is 35.1 Å². The van der Waals surface area contributed by atoms with Crippen LogP contribution < -0.4 is 15.6 Å². The molecule has 8 heteroatoms. The summed E-state index contributed by atoms with van der Waals surface area (Å²) in [7, 11) is 0. The molecule has 0 aliphatic rings. The summed E-state index contributed by atoms with van der Waals surface area (Å²) < 4.78 is 5.67. The van der Waals surface area contributed by atoms with Crippen molar-refractivity contribution in [3.63, 3.8) is 0 Å². The van der Waals surface area contributed by atoms with Gasteiger partial charge in [0.15, 0.2) is 0 Å². The summed E-state index contributed by atoms with van der Waals surface area (Å²) >= 11 is 0. The van der Waals surface area contributed by atoms with E-state index >= 15 is 0 Å². The molecule has 0 amide bonds. The molecule has 0 bridgehead atoms. The van der Waals surface area contributed by atoms with Gasteiger partial charge in [0.25, 0.3) is 5.56 Å². The zero-order valence-electron chi connectivity index (χ0n) is 14.9. The fourth-order valence-electron chi connectivity index (χ4n) is 2.15. The highest BCUT2D eigenvalue weighted by molar-refractivity contribution is 5.90. The Bertz CT molecular complexity index is 806. The second-order valence-corrected chi connectivity index (χ2v) is 6.92. The van der Waals surface area contributed by atoms with E-state index in [0.717, 1.165) is 0 Å². The lowest BCUT2D eigenvalue weighted by Crippen LogP contribution is -2.42. The molecular formula is C18H23N3O5. The maximum absolute atomic E-state index is 11.2. The number of nitrogens with one attached hydrogen (secondary N) is 2. The summed E-state index contributed by atoms with van der Waals surface area (Å²) in [6, 6.07) is 7.10. The van der Waals surface area contributed by atoms with Crippen LogP contribution in [-0.4, -0.2) is 51.2 Å². The van der Waals surface area contributed by atoms with E-state index in [1.807, 2.05) is 20.8 Å². The average Bonchev–Trinajstić information content (AvgIpc) is 2.58. The van der Waals surface area contributed by atoms with Crippen molar-refractivity contribution < 1.29 is 19.7 Å². The second kappa shape index (κ2) is 8.11. The monoisotopic (exact) mass is 361 g/mol. The van der Waals surface area contributed by atoms with E-state index in [1.165, 1.54) is 30.3 Å². The van der Waals surface area contributed by atoms with Crippen LogP contribution in [0, 0.1) is 0 Å². The molecule has 4 N–H and O–H groups in total. The number of aromatic carboxylic acids is 1. The topological polar surface area (TPSA) is 125 Å². The van der Waals surface area contributed by atoms with Crippen LogP contribution in [0.3, 0.4) is 0 Å². The van der Waals surface area contributed by atoms with E-state index in [4.69, 9.17) is 4.74 Å². The Kier molecular flexibility index (Phi) is 6.12.